The van der Waals surface area contributed by atoms with Crippen LogP contribution in [0.25, 0.3) is 0 Å². The molecule has 25 heavy (non-hydrogen) atoms. The molecular weight excluding hydrogens is 321 g/mol. The van der Waals surface area contributed by atoms with Gasteiger partial charge in [-0.2, -0.15) is 0 Å². The zero-order chi connectivity index (χ0) is 18.0. The molecule has 5 heteroatoms. The van der Waals surface area contributed by atoms with Crippen molar-refractivity contribution in [1.29, 1.82) is 0 Å². The number of hydrogen-bond donors (Lipinski definition) is 0. The Morgan fingerprint density at radius 2 is 2.04 bits per heavy atom. The van der Waals surface area contributed by atoms with Gasteiger partial charge in [0.15, 0.2) is 11.6 Å². The molecule has 0 N–H and O–H groups in total. The number of likely N-dealkylation sites (tertiary alicyclic amines) is 1. The molecule has 2 fully saturated rings. The Kier molecular flexibility index (Phi) is 5.21. The summed E-state index contributed by atoms with van der Waals surface area (Å²) >= 11 is 0. The molecule has 1 aromatic carbocycles. The third-order valence-corrected chi connectivity index (χ3v) is 4.67. The number of nitrogens with zero attached hydrogens (tertiary/aromatic N) is 1. The van der Waals surface area contributed by atoms with Crippen LogP contribution in [0.1, 0.15) is 57.9 Å². The van der Waals surface area contributed by atoms with Gasteiger partial charge in [-0.05, 0) is 58.4 Å². The number of amides is 1. The van der Waals surface area contributed by atoms with E-state index in [4.69, 9.17) is 9.47 Å². The van der Waals surface area contributed by atoms with E-state index in [1.54, 1.807) is 11.0 Å². The second-order valence-electron chi connectivity index (χ2n) is 8.18. The van der Waals surface area contributed by atoms with Crippen LogP contribution in [-0.2, 0) is 4.74 Å². The standard InChI is InChI=1S/C20H28FNO3/c1-20(2,3)25-19(23)22-11-5-6-15(12-22)16-7-4-8-17(21)18(16)24-13-14-9-10-14/h4,7-8,14-15H,5-6,9-13H2,1-3H3. The second-order valence-corrected chi connectivity index (χ2v) is 8.18. The molecule has 4 nitrogen and oxygen atoms in total. The first-order chi connectivity index (χ1) is 11.8. The highest BCUT2D eigenvalue weighted by Crippen LogP contribution is 2.37. The van der Waals surface area contributed by atoms with Gasteiger partial charge in [0.25, 0.3) is 0 Å². The van der Waals surface area contributed by atoms with Gasteiger partial charge in [0.05, 0.1) is 6.61 Å². The maximum absolute atomic E-state index is 14.3. The van der Waals surface area contributed by atoms with E-state index < -0.39 is 5.60 Å². The van der Waals surface area contributed by atoms with Crippen molar-refractivity contribution in [3.8, 4) is 5.75 Å². The zero-order valence-electron chi connectivity index (χ0n) is 15.4. The number of benzene rings is 1. The van der Waals surface area contributed by atoms with E-state index in [2.05, 4.69) is 0 Å². The lowest BCUT2D eigenvalue weighted by Gasteiger charge is -2.34. The first-order valence-electron chi connectivity index (χ1n) is 9.22. The molecule has 1 saturated carbocycles. The van der Waals surface area contributed by atoms with Gasteiger partial charge in [0.2, 0.25) is 0 Å². The fraction of sp³-hybridized carbons (Fsp3) is 0.650. The van der Waals surface area contributed by atoms with Crippen molar-refractivity contribution in [2.75, 3.05) is 19.7 Å². The van der Waals surface area contributed by atoms with Gasteiger partial charge in [-0.1, -0.05) is 12.1 Å². The first kappa shape index (κ1) is 18.0. The lowest BCUT2D eigenvalue weighted by atomic mass is 9.90. The maximum Gasteiger partial charge on any atom is 0.410 e. The van der Waals surface area contributed by atoms with E-state index in [0.717, 1.165) is 18.4 Å². The fourth-order valence-corrected chi connectivity index (χ4v) is 3.21. The molecular formula is C20H28FNO3. The fourth-order valence-electron chi connectivity index (χ4n) is 3.21. The smallest absolute Gasteiger partial charge is 0.410 e. The van der Waals surface area contributed by atoms with Crippen molar-refractivity contribution in [3.63, 3.8) is 0 Å². The van der Waals surface area contributed by atoms with E-state index in [0.29, 0.717) is 31.4 Å². The van der Waals surface area contributed by atoms with Gasteiger partial charge in [0.1, 0.15) is 5.60 Å². The molecule has 1 aliphatic heterocycles. The van der Waals surface area contributed by atoms with Crippen molar-refractivity contribution in [2.45, 2.75) is 58.0 Å². The minimum absolute atomic E-state index is 0.0752. The van der Waals surface area contributed by atoms with Crippen molar-refractivity contribution < 1.29 is 18.7 Å². The van der Waals surface area contributed by atoms with Gasteiger partial charge in [-0.25, -0.2) is 9.18 Å². The molecule has 1 atom stereocenters. The van der Waals surface area contributed by atoms with Gasteiger partial charge in [0, 0.05) is 24.6 Å². The zero-order valence-corrected chi connectivity index (χ0v) is 15.4. The van der Waals surface area contributed by atoms with Gasteiger partial charge in [-0.15, -0.1) is 0 Å². The third kappa shape index (κ3) is 4.86. The SMILES string of the molecule is CC(C)(C)OC(=O)N1CCCC(c2cccc(F)c2OCC2CC2)C1. The Labute approximate surface area is 149 Å². The predicted octanol–water partition coefficient (Wildman–Crippen LogP) is 4.73. The Morgan fingerprint density at radius 1 is 1.28 bits per heavy atom. The number of hydrogen-bond acceptors (Lipinski definition) is 3. The molecule has 0 spiro atoms. The van der Waals surface area contributed by atoms with E-state index in [1.807, 2.05) is 26.8 Å². The number of piperidine rings is 1. The van der Waals surface area contributed by atoms with Crippen molar-refractivity contribution in [3.05, 3.63) is 29.6 Å². The number of carbonyl (C=O) groups is 1. The first-order valence-corrected chi connectivity index (χ1v) is 9.22. The van der Waals surface area contributed by atoms with Crippen LogP contribution in [0.2, 0.25) is 0 Å². The van der Waals surface area contributed by atoms with Gasteiger partial charge < -0.3 is 14.4 Å². The van der Waals surface area contributed by atoms with E-state index in [9.17, 15) is 9.18 Å². The minimum atomic E-state index is -0.512. The molecule has 138 valence electrons. The lowest BCUT2D eigenvalue weighted by molar-refractivity contribution is 0.0197. The summed E-state index contributed by atoms with van der Waals surface area (Å²) in [4.78, 5) is 14.1. The number of rotatable bonds is 4. The predicted molar refractivity (Wildman–Crippen MR) is 94.4 cm³/mol. The largest absolute Gasteiger partial charge is 0.490 e. The van der Waals surface area contributed by atoms with Crippen LogP contribution in [0, 0.1) is 11.7 Å². The van der Waals surface area contributed by atoms with Crippen molar-refractivity contribution in [2.24, 2.45) is 5.92 Å². The quantitative estimate of drug-likeness (QED) is 0.789. The summed E-state index contributed by atoms with van der Waals surface area (Å²) in [6.07, 6.45) is 3.83. The lowest BCUT2D eigenvalue weighted by Crippen LogP contribution is -2.42. The monoisotopic (exact) mass is 349 g/mol. The van der Waals surface area contributed by atoms with Gasteiger partial charge >= 0.3 is 6.09 Å². The van der Waals surface area contributed by atoms with Gasteiger partial charge in [-0.3, -0.25) is 0 Å². The number of ether oxygens (including phenoxy) is 2. The molecule has 1 aromatic rings. The van der Waals surface area contributed by atoms with E-state index >= 15 is 0 Å². The molecule has 1 saturated heterocycles. The van der Waals surface area contributed by atoms with Crippen molar-refractivity contribution in [1.82, 2.24) is 4.90 Å². The average molecular weight is 349 g/mol. The summed E-state index contributed by atoms with van der Waals surface area (Å²) in [6.45, 7) is 7.39. The summed E-state index contributed by atoms with van der Waals surface area (Å²) in [6, 6.07) is 5.09. The summed E-state index contributed by atoms with van der Waals surface area (Å²) in [5.41, 5.74) is 0.357. The molecule has 1 aliphatic carbocycles. The van der Waals surface area contributed by atoms with Crippen molar-refractivity contribution >= 4 is 6.09 Å². The molecule has 0 radical (unpaired) electrons. The summed E-state index contributed by atoms with van der Waals surface area (Å²) in [5.74, 6) is 0.696. The van der Waals surface area contributed by atoms with E-state index in [-0.39, 0.29) is 17.8 Å². The number of para-hydroxylation sites is 1. The van der Waals surface area contributed by atoms with Crippen LogP contribution in [0.15, 0.2) is 18.2 Å². The topological polar surface area (TPSA) is 38.8 Å². The summed E-state index contributed by atoms with van der Waals surface area (Å²) < 4.78 is 25.6. The molecule has 0 aromatic heterocycles. The second kappa shape index (κ2) is 7.22. The highest BCUT2D eigenvalue weighted by Gasteiger charge is 2.31. The van der Waals surface area contributed by atoms with Crippen LogP contribution in [0.3, 0.4) is 0 Å². The van der Waals surface area contributed by atoms with Crippen LogP contribution < -0.4 is 4.74 Å². The van der Waals surface area contributed by atoms with Crippen LogP contribution in [-0.4, -0.2) is 36.3 Å². The van der Waals surface area contributed by atoms with Crippen LogP contribution >= 0.6 is 0 Å². The molecule has 0 bridgehead atoms. The Balaban J connectivity index is 1.72. The van der Waals surface area contributed by atoms with Crippen LogP contribution in [0.5, 0.6) is 5.75 Å². The van der Waals surface area contributed by atoms with E-state index in [1.165, 1.54) is 18.9 Å². The minimum Gasteiger partial charge on any atom is -0.490 e. The highest BCUT2D eigenvalue weighted by molar-refractivity contribution is 5.68. The Hall–Kier alpha value is -1.78. The molecule has 1 unspecified atom stereocenters. The molecule has 2 aliphatic rings. The normalized spacial score (nSPS) is 21.1. The number of halogens is 1. The maximum atomic E-state index is 14.3. The third-order valence-electron chi connectivity index (χ3n) is 4.67. The molecule has 1 amide bonds. The summed E-state index contributed by atoms with van der Waals surface area (Å²) in [7, 11) is 0. The summed E-state index contributed by atoms with van der Waals surface area (Å²) in [5, 5.41) is 0. The Morgan fingerprint density at radius 3 is 2.72 bits per heavy atom. The molecule has 1 heterocycles. The molecule has 3 rings (SSSR count). The Bertz CT molecular complexity index is 622. The highest BCUT2D eigenvalue weighted by atomic mass is 19.1. The average Bonchev–Trinajstić information content (AvgIpc) is 3.36. The van der Waals surface area contributed by atoms with Crippen LogP contribution in [0.4, 0.5) is 9.18 Å². The number of carbonyl (C=O) groups excluding carboxylic acids is 1.